The third-order valence-electron chi connectivity index (χ3n) is 9.47. The van der Waals surface area contributed by atoms with E-state index < -0.39 is 0 Å². The Balaban J connectivity index is 1.25. The molecule has 47 heavy (non-hydrogen) atoms. The first-order valence-corrected chi connectivity index (χ1v) is 16.0. The minimum absolute atomic E-state index is 0.102. The minimum Gasteiger partial charge on any atom is -0.359 e. The Morgan fingerprint density at radius 3 is 1.81 bits per heavy atom. The number of hydrogen-bond acceptors (Lipinski definition) is 2. The van der Waals surface area contributed by atoms with E-state index in [-0.39, 0.29) is 6.17 Å². The van der Waals surface area contributed by atoms with Crippen LogP contribution in [0.25, 0.3) is 54.6 Å². The Hall–Kier alpha value is -6.30. The summed E-state index contributed by atoms with van der Waals surface area (Å²) in [6.07, 6.45) is 5.69. The maximum Gasteiger partial charge on any atom is 0.130 e. The van der Waals surface area contributed by atoms with Gasteiger partial charge in [-0.2, -0.15) is 0 Å². The van der Waals surface area contributed by atoms with Crippen LogP contribution in [0.5, 0.6) is 0 Å². The highest BCUT2D eigenvalue weighted by Gasteiger charge is 2.31. The van der Waals surface area contributed by atoms with Crippen LogP contribution in [0, 0.1) is 12.3 Å². The van der Waals surface area contributed by atoms with E-state index in [0.29, 0.717) is 0 Å². The van der Waals surface area contributed by atoms with E-state index in [1.54, 1.807) is 0 Å². The summed E-state index contributed by atoms with van der Waals surface area (Å²) in [5.74, 6) is 2.80. The van der Waals surface area contributed by atoms with Gasteiger partial charge < -0.3 is 10.2 Å². The first kappa shape index (κ1) is 27.0. The van der Waals surface area contributed by atoms with Crippen molar-refractivity contribution in [3.8, 4) is 34.6 Å². The number of rotatable bonds is 4. The SMILES string of the molecule is C#Cc1ccc2c(c1)NC(c1cccc(-c3c4ccccc4c(-c4ccc5ccccc5c4)c4ccccc34)c1)N2c1ccccc1. The van der Waals surface area contributed by atoms with E-state index in [0.717, 1.165) is 22.6 Å². The molecule has 220 valence electrons. The van der Waals surface area contributed by atoms with Crippen LogP contribution in [-0.2, 0) is 0 Å². The molecule has 2 nitrogen and oxygen atoms in total. The van der Waals surface area contributed by atoms with Gasteiger partial charge in [0, 0.05) is 11.3 Å². The van der Waals surface area contributed by atoms with Gasteiger partial charge in [-0.05, 0) is 103 Å². The van der Waals surface area contributed by atoms with Gasteiger partial charge in [0.05, 0.1) is 11.4 Å². The first-order valence-electron chi connectivity index (χ1n) is 16.0. The molecule has 1 unspecified atom stereocenters. The summed E-state index contributed by atoms with van der Waals surface area (Å²) in [5, 5.41) is 11.3. The van der Waals surface area contributed by atoms with Crippen molar-refractivity contribution in [1.29, 1.82) is 0 Å². The minimum atomic E-state index is -0.102. The lowest BCUT2D eigenvalue weighted by Gasteiger charge is -2.28. The van der Waals surface area contributed by atoms with Crippen LogP contribution in [0.1, 0.15) is 17.3 Å². The summed E-state index contributed by atoms with van der Waals surface area (Å²) in [7, 11) is 0. The Morgan fingerprint density at radius 1 is 0.511 bits per heavy atom. The van der Waals surface area contributed by atoms with Gasteiger partial charge in [-0.1, -0.05) is 127 Å². The van der Waals surface area contributed by atoms with Crippen molar-refractivity contribution in [2.24, 2.45) is 0 Å². The molecule has 1 aliphatic heterocycles. The van der Waals surface area contributed by atoms with Crippen molar-refractivity contribution in [3.05, 3.63) is 175 Å². The molecule has 0 bridgehead atoms. The van der Waals surface area contributed by atoms with Gasteiger partial charge >= 0.3 is 0 Å². The largest absolute Gasteiger partial charge is 0.359 e. The Morgan fingerprint density at radius 2 is 1.13 bits per heavy atom. The fourth-order valence-electron chi connectivity index (χ4n) is 7.37. The Bertz CT molecular complexity index is 2470. The van der Waals surface area contributed by atoms with Crippen molar-refractivity contribution in [3.63, 3.8) is 0 Å². The van der Waals surface area contributed by atoms with Crippen molar-refractivity contribution in [1.82, 2.24) is 0 Å². The van der Waals surface area contributed by atoms with Crippen LogP contribution in [-0.4, -0.2) is 0 Å². The number of para-hydroxylation sites is 1. The van der Waals surface area contributed by atoms with Crippen LogP contribution >= 0.6 is 0 Å². The molecule has 0 saturated heterocycles. The van der Waals surface area contributed by atoms with Gasteiger partial charge in [0.2, 0.25) is 0 Å². The van der Waals surface area contributed by atoms with Gasteiger partial charge in [0.1, 0.15) is 6.17 Å². The number of fused-ring (bicyclic) bond motifs is 4. The summed E-state index contributed by atoms with van der Waals surface area (Å²) in [5.41, 5.74) is 10.3. The summed E-state index contributed by atoms with van der Waals surface area (Å²) >= 11 is 0. The van der Waals surface area contributed by atoms with Crippen molar-refractivity contribution in [2.75, 3.05) is 10.2 Å². The van der Waals surface area contributed by atoms with E-state index >= 15 is 0 Å². The van der Waals surface area contributed by atoms with Crippen molar-refractivity contribution >= 4 is 49.4 Å². The maximum atomic E-state index is 5.79. The van der Waals surface area contributed by atoms with Gasteiger partial charge in [0.25, 0.3) is 0 Å². The number of benzene rings is 8. The van der Waals surface area contributed by atoms with E-state index in [2.05, 4.69) is 174 Å². The molecule has 0 fully saturated rings. The van der Waals surface area contributed by atoms with Gasteiger partial charge in [-0.3, -0.25) is 0 Å². The zero-order valence-corrected chi connectivity index (χ0v) is 25.7. The molecule has 0 saturated carbocycles. The van der Waals surface area contributed by atoms with Crippen LogP contribution < -0.4 is 10.2 Å². The summed E-state index contributed by atoms with van der Waals surface area (Å²) in [6.45, 7) is 0. The molecule has 0 amide bonds. The second-order valence-corrected chi connectivity index (χ2v) is 12.2. The lowest BCUT2D eigenvalue weighted by atomic mass is 9.85. The molecule has 1 N–H and O–H groups in total. The second-order valence-electron chi connectivity index (χ2n) is 12.2. The van der Waals surface area contributed by atoms with E-state index in [1.807, 2.05) is 6.07 Å². The first-order chi connectivity index (χ1) is 23.3. The molecule has 0 spiro atoms. The molecule has 1 heterocycles. The zero-order chi connectivity index (χ0) is 31.3. The Labute approximate surface area is 274 Å². The van der Waals surface area contributed by atoms with Gasteiger partial charge in [-0.25, -0.2) is 0 Å². The number of terminal acetylenes is 1. The molecule has 2 heteroatoms. The summed E-state index contributed by atoms with van der Waals surface area (Å²) < 4.78 is 0. The fraction of sp³-hybridized carbons (Fsp3) is 0.0222. The normalized spacial score (nSPS) is 13.9. The fourth-order valence-corrected chi connectivity index (χ4v) is 7.37. The molecule has 8 aromatic carbocycles. The number of nitrogens with zero attached hydrogens (tertiary/aromatic N) is 1. The third kappa shape index (κ3) is 4.44. The molecule has 8 aromatic rings. The molecular formula is C45H30N2. The number of anilines is 3. The number of hydrogen-bond donors (Lipinski definition) is 1. The highest BCUT2D eigenvalue weighted by atomic mass is 15.3. The monoisotopic (exact) mass is 598 g/mol. The summed E-state index contributed by atoms with van der Waals surface area (Å²) in [6, 6.07) is 58.9. The highest BCUT2D eigenvalue weighted by Crippen LogP contribution is 2.48. The Kier molecular flexibility index (Phi) is 6.30. The van der Waals surface area contributed by atoms with Crippen molar-refractivity contribution < 1.29 is 0 Å². The highest BCUT2D eigenvalue weighted by molar-refractivity contribution is 6.21. The van der Waals surface area contributed by atoms with E-state index in [4.69, 9.17) is 6.42 Å². The molecule has 1 aliphatic rings. The van der Waals surface area contributed by atoms with Gasteiger partial charge in [0.15, 0.2) is 0 Å². The quantitative estimate of drug-likeness (QED) is 0.160. The lowest BCUT2D eigenvalue weighted by molar-refractivity contribution is 0.829. The average molecular weight is 599 g/mol. The molecule has 1 atom stereocenters. The summed E-state index contributed by atoms with van der Waals surface area (Å²) in [4.78, 5) is 2.37. The van der Waals surface area contributed by atoms with Gasteiger partial charge in [-0.15, -0.1) is 6.42 Å². The van der Waals surface area contributed by atoms with E-state index in [1.165, 1.54) is 60.1 Å². The third-order valence-corrected chi connectivity index (χ3v) is 9.47. The molecule has 9 rings (SSSR count). The maximum absolute atomic E-state index is 5.79. The smallest absolute Gasteiger partial charge is 0.130 e. The average Bonchev–Trinajstić information content (AvgIpc) is 3.53. The number of nitrogens with one attached hydrogen (secondary N) is 1. The van der Waals surface area contributed by atoms with E-state index in [9.17, 15) is 0 Å². The predicted molar refractivity (Wildman–Crippen MR) is 199 cm³/mol. The standard InChI is InChI=1S/C45H30N2/c1-2-30-23-26-42-41(27-30)46-45(47(42)36-17-4-3-5-18-36)35-16-12-15-33(29-35)43-37-19-8-10-21-39(37)44(40-22-11-9-20-38(40)43)34-25-24-31-13-6-7-14-32(31)28-34/h1,3-29,45-46H. The molecule has 0 radical (unpaired) electrons. The predicted octanol–water partition coefficient (Wildman–Crippen LogP) is 11.7. The van der Waals surface area contributed by atoms with Crippen LogP contribution in [0.4, 0.5) is 17.1 Å². The van der Waals surface area contributed by atoms with Crippen LogP contribution in [0.15, 0.2) is 164 Å². The second kappa shape index (κ2) is 10.9. The molecular weight excluding hydrogens is 569 g/mol. The molecule has 0 aromatic heterocycles. The van der Waals surface area contributed by atoms with Crippen LogP contribution in [0.2, 0.25) is 0 Å². The molecule has 0 aliphatic carbocycles. The zero-order valence-electron chi connectivity index (χ0n) is 25.7. The van der Waals surface area contributed by atoms with Crippen molar-refractivity contribution in [2.45, 2.75) is 6.17 Å². The topological polar surface area (TPSA) is 15.3 Å². The lowest BCUT2D eigenvalue weighted by Crippen LogP contribution is -2.23. The van der Waals surface area contributed by atoms with Crippen LogP contribution in [0.3, 0.4) is 0 Å².